The lowest BCUT2D eigenvalue weighted by molar-refractivity contribution is -0.111. The summed E-state index contributed by atoms with van der Waals surface area (Å²) in [6.45, 7) is 4.96. The van der Waals surface area contributed by atoms with Crippen LogP contribution in [0.4, 0.5) is 0 Å². The number of hydrogen-bond donors (Lipinski definition) is 0. The highest BCUT2D eigenvalue weighted by Crippen LogP contribution is 2.40. The standard InChI is InChI=1S/C19H21N3O4/c1-12-14(19(24)22-5-8-25-9-6-22)2-3-15-18(12)13(4-7-26-15)10-16-20-11-17(23)21-16/h2-3,11,13H,4-10H2,1H3. The van der Waals surface area contributed by atoms with E-state index in [-0.39, 0.29) is 17.7 Å². The molecule has 0 aromatic heterocycles. The summed E-state index contributed by atoms with van der Waals surface area (Å²) in [5.41, 5.74) is 2.68. The molecular formula is C19H21N3O4. The Morgan fingerprint density at radius 3 is 2.81 bits per heavy atom. The molecule has 1 fully saturated rings. The first-order valence-electron chi connectivity index (χ1n) is 8.92. The molecule has 0 saturated carbocycles. The largest absolute Gasteiger partial charge is 0.493 e. The van der Waals surface area contributed by atoms with Crippen molar-refractivity contribution >= 4 is 23.9 Å². The summed E-state index contributed by atoms with van der Waals surface area (Å²) in [5.74, 6) is 1.23. The first-order chi connectivity index (χ1) is 12.6. The summed E-state index contributed by atoms with van der Waals surface area (Å²) < 4.78 is 11.1. The molecule has 7 nitrogen and oxygen atoms in total. The highest BCUT2D eigenvalue weighted by Gasteiger charge is 2.29. The Hall–Kier alpha value is -2.54. The number of rotatable bonds is 3. The van der Waals surface area contributed by atoms with E-state index in [0.29, 0.717) is 50.7 Å². The van der Waals surface area contributed by atoms with Gasteiger partial charge in [0.25, 0.3) is 11.8 Å². The van der Waals surface area contributed by atoms with Crippen LogP contribution in [0.1, 0.15) is 40.2 Å². The van der Waals surface area contributed by atoms with Gasteiger partial charge in [-0.2, -0.15) is 4.99 Å². The van der Waals surface area contributed by atoms with Gasteiger partial charge in [0.05, 0.1) is 26.0 Å². The zero-order valence-electron chi connectivity index (χ0n) is 14.7. The number of ether oxygens (including phenoxy) is 2. The monoisotopic (exact) mass is 355 g/mol. The van der Waals surface area contributed by atoms with E-state index < -0.39 is 0 Å². The highest BCUT2D eigenvalue weighted by molar-refractivity contribution is 6.34. The molecule has 26 heavy (non-hydrogen) atoms. The van der Waals surface area contributed by atoms with Gasteiger partial charge in [0.15, 0.2) is 0 Å². The third-order valence-electron chi connectivity index (χ3n) is 5.13. The molecule has 2 amide bonds. The molecule has 0 N–H and O–H groups in total. The number of carbonyl (C=O) groups is 2. The van der Waals surface area contributed by atoms with E-state index in [0.717, 1.165) is 23.3 Å². The van der Waals surface area contributed by atoms with Crippen LogP contribution in [-0.2, 0) is 9.53 Å². The number of hydrogen-bond acceptors (Lipinski definition) is 5. The predicted molar refractivity (Wildman–Crippen MR) is 96.3 cm³/mol. The van der Waals surface area contributed by atoms with E-state index in [9.17, 15) is 9.59 Å². The Morgan fingerprint density at radius 2 is 2.08 bits per heavy atom. The van der Waals surface area contributed by atoms with Crippen LogP contribution in [0.25, 0.3) is 0 Å². The zero-order valence-corrected chi connectivity index (χ0v) is 14.7. The van der Waals surface area contributed by atoms with Crippen LogP contribution in [0.5, 0.6) is 5.75 Å². The smallest absolute Gasteiger partial charge is 0.289 e. The molecule has 1 atom stereocenters. The molecule has 0 aliphatic carbocycles. The van der Waals surface area contributed by atoms with Gasteiger partial charge < -0.3 is 14.4 Å². The van der Waals surface area contributed by atoms with E-state index in [4.69, 9.17) is 9.47 Å². The molecule has 1 saturated heterocycles. The van der Waals surface area contributed by atoms with Gasteiger partial charge in [-0.05, 0) is 37.0 Å². The fourth-order valence-corrected chi connectivity index (χ4v) is 3.80. The van der Waals surface area contributed by atoms with Crippen molar-refractivity contribution < 1.29 is 19.1 Å². The predicted octanol–water partition coefficient (Wildman–Crippen LogP) is 1.73. The second-order valence-electron chi connectivity index (χ2n) is 6.72. The number of fused-ring (bicyclic) bond motifs is 1. The topological polar surface area (TPSA) is 80.6 Å². The number of morpholine rings is 1. The number of amidine groups is 1. The summed E-state index contributed by atoms with van der Waals surface area (Å²) in [5, 5.41) is 0. The molecule has 3 heterocycles. The minimum atomic E-state index is -0.305. The molecule has 7 heteroatoms. The van der Waals surface area contributed by atoms with Crippen LogP contribution < -0.4 is 4.74 Å². The maximum absolute atomic E-state index is 12.9. The Bertz CT molecular complexity index is 809. The van der Waals surface area contributed by atoms with Crippen molar-refractivity contribution in [1.82, 2.24) is 4.90 Å². The van der Waals surface area contributed by atoms with Crippen LogP contribution in [0.2, 0.25) is 0 Å². The van der Waals surface area contributed by atoms with Crippen molar-refractivity contribution in [3.63, 3.8) is 0 Å². The summed E-state index contributed by atoms with van der Waals surface area (Å²) >= 11 is 0. The van der Waals surface area contributed by atoms with Gasteiger partial charge >= 0.3 is 0 Å². The Labute approximate surface area is 151 Å². The van der Waals surface area contributed by atoms with Crippen molar-refractivity contribution in [2.75, 3.05) is 32.9 Å². The van der Waals surface area contributed by atoms with Crippen molar-refractivity contribution in [2.45, 2.75) is 25.7 Å². The zero-order chi connectivity index (χ0) is 18.1. The van der Waals surface area contributed by atoms with Crippen LogP contribution in [0.3, 0.4) is 0 Å². The van der Waals surface area contributed by atoms with Gasteiger partial charge in [0.2, 0.25) is 0 Å². The molecular weight excluding hydrogens is 334 g/mol. The van der Waals surface area contributed by atoms with Gasteiger partial charge in [-0.3, -0.25) is 9.59 Å². The number of nitrogens with zero attached hydrogens (tertiary/aromatic N) is 3. The summed E-state index contributed by atoms with van der Waals surface area (Å²) in [6, 6.07) is 3.73. The Morgan fingerprint density at radius 1 is 1.27 bits per heavy atom. The third-order valence-corrected chi connectivity index (χ3v) is 5.13. The van der Waals surface area contributed by atoms with E-state index in [1.165, 1.54) is 6.21 Å². The molecule has 0 radical (unpaired) electrons. The van der Waals surface area contributed by atoms with E-state index in [1.807, 2.05) is 24.0 Å². The van der Waals surface area contributed by atoms with Gasteiger partial charge in [-0.1, -0.05) is 0 Å². The number of carbonyl (C=O) groups excluding carboxylic acids is 2. The Kier molecular flexibility index (Phi) is 4.55. The number of aliphatic imine (C=N–C) groups is 2. The first-order valence-corrected chi connectivity index (χ1v) is 8.92. The van der Waals surface area contributed by atoms with Crippen molar-refractivity contribution in [1.29, 1.82) is 0 Å². The quantitative estimate of drug-likeness (QED) is 0.827. The number of benzene rings is 1. The lowest BCUT2D eigenvalue weighted by Crippen LogP contribution is -2.41. The van der Waals surface area contributed by atoms with Crippen molar-refractivity contribution in [3.05, 3.63) is 28.8 Å². The summed E-state index contributed by atoms with van der Waals surface area (Å²) in [4.78, 5) is 34.1. The van der Waals surface area contributed by atoms with Gasteiger partial charge in [-0.15, -0.1) is 0 Å². The van der Waals surface area contributed by atoms with E-state index >= 15 is 0 Å². The molecule has 4 rings (SSSR count). The average Bonchev–Trinajstić information content (AvgIpc) is 3.07. The molecule has 1 unspecified atom stereocenters. The van der Waals surface area contributed by atoms with Crippen LogP contribution >= 0.6 is 0 Å². The molecule has 136 valence electrons. The highest BCUT2D eigenvalue weighted by atomic mass is 16.5. The molecule has 1 aromatic rings. The molecule has 3 aliphatic heterocycles. The SMILES string of the molecule is Cc1c(C(=O)N2CCOCC2)ccc2c1C(CC1=NC(=O)C=N1)CCO2. The molecule has 3 aliphatic rings. The lowest BCUT2D eigenvalue weighted by atomic mass is 9.84. The van der Waals surface area contributed by atoms with Crippen molar-refractivity contribution in [2.24, 2.45) is 9.98 Å². The van der Waals surface area contributed by atoms with Crippen LogP contribution in [0.15, 0.2) is 22.1 Å². The second-order valence-corrected chi connectivity index (χ2v) is 6.72. The summed E-state index contributed by atoms with van der Waals surface area (Å²) in [7, 11) is 0. The van der Waals surface area contributed by atoms with E-state index in [2.05, 4.69) is 9.98 Å². The summed E-state index contributed by atoms with van der Waals surface area (Å²) in [6.07, 6.45) is 2.64. The molecule has 1 aromatic carbocycles. The second kappa shape index (κ2) is 6.99. The fraction of sp³-hybridized carbons (Fsp3) is 0.474. The maximum Gasteiger partial charge on any atom is 0.289 e. The lowest BCUT2D eigenvalue weighted by Gasteiger charge is -2.31. The minimum absolute atomic E-state index is 0.0318. The van der Waals surface area contributed by atoms with Gasteiger partial charge in [0, 0.05) is 30.6 Å². The minimum Gasteiger partial charge on any atom is -0.493 e. The number of amides is 2. The normalized spacial score (nSPS) is 22.0. The van der Waals surface area contributed by atoms with Crippen LogP contribution in [0, 0.1) is 6.92 Å². The first kappa shape index (κ1) is 16.9. The fourth-order valence-electron chi connectivity index (χ4n) is 3.80. The third kappa shape index (κ3) is 3.14. The van der Waals surface area contributed by atoms with Crippen LogP contribution in [-0.4, -0.2) is 61.7 Å². The maximum atomic E-state index is 12.9. The molecule has 0 bridgehead atoms. The molecule has 0 spiro atoms. The van der Waals surface area contributed by atoms with Gasteiger partial charge in [-0.25, -0.2) is 4.99 Å². The van der Waals surface area contributed by atoms with Gasteiger partial charge in [0.1, 0.15) is 11.6 Å². The Balaban J connectivity index is 1.64. The van der Waals surface area contributed by atoms with E-state index in [1.54, 1.807) is 0 Å². The van der Waals surface area contributed by atoms with Crippen molar-refractivity contribution in [3.8, 4) is 5.75 Å². The average molecular weight is 355 g/mol.